The van der Waals surface area contributed by atoms with Crippen molar-refractivity contribution in [2.75, 3.05) is 26.2 Å². The van der Waals surface area contributed by atoms with Crippen LogP contribution in [-0.4, -0.2) is 38.9 Å². The Bertz CT molecular complexity index is 611. The van der Waals surface area contributed by atoms with Gasteiger partial charge in [0.15, 0.2) is 0 Å². The molecule has 1 aliphatic heterocycles. The summed E-state index contributed by atoms with van der Waals surface area (Å²) in [4.78, 5) is -0.694. The average molecular weight is 387 g/mol. The number of nitrogens with one attached hydrogen (secondary N) is 1. The van der Waals surface area contributed by atoms with Gasteiger partial charge in [-0.2, -0.15) is 17.5 Å². The maximum Gasteiger partial charge on any atom is 0.417 e. The summed E-state index contributed by atoms with van der Waals surface area (Å²) in [5.41, 5.74) is -1.14. The molecule has 1 N–H and O–H groups in total. The number of alkyl halides is 3. The van der Waals surface area contributed by atoms with Crippen LogP contribution in [0, 0.1) is 0 Å². The molecule has 1 saturated heterocycles. The van der Waals surface area contributed by atoms with Gasteiger partial charge in [-0.1, -0.05) is 15.9 Å². The first-order valence-electron chi connectivity index (χ1n) is 6.30. The van der Waals surface area contributed by atoms with Crippen molar-refractivity contribution < 1.29 is 21.6 Å². The van der Waals surface area contributed by atoms with Crippen LogP contribution in [0.2, 0.25) is 0 Å². The Morgan fingerprint density at radius 1 is 1.19 bits per heavy atom. The SMILES string of the molecule is O=S(=O)(c1ccc(Br)cc1C(F)(F)F)N1CCCNCC1. The molecule has 0 atom stereocenters. The Kier molecular flexibility index (Phi) is 4.96. The van der Waals surface area contributed by atoms with Crippen molar-refractivity contribution in [2.45, 2.75) is 17.5 Å². The van der Waals surface area contributed by atoms with E-state index in [9.17, 15) is 21.6 Å². The lowest BCUT2D eigenvalue weighted by Gasteiger charge is -2.22. The number of benzene rings is 1. The van der Waals surface area contributed by atoms with Crippen LogP contribution in [0.1, 0.15) is 12.0 Å². The van der Waals surface area contributed by atoms with E-state index in [4.69, 9.17) is 0 Å². The van der Waals surface area contributed by atoms with Crippen LogP contribution >= 0.6 is 15.9 Å². The van der Waals surface area contributed by atoms with E-state index in [2.05, 4.69) is 21.2 Å². The lowest BCUT2D eigenvalue weighted by atomic mass is 10.2. The number of hydrogen-bond donors (Lipinski definition) is 1. The van der Waals surface area contributed by atoms with Crippen molar-refractivity contribution >= 4 is 26.0 Å². The van der Waals surface area contributed by atoms with Gasteiger partial charge in [0.1, 0.15) is 0 Å². The molecule has 0 spiro atoms. The average Bonchev–Trinajstić information content (AvgIpc) is 2.66. The van der Waals surface area contributed by atoms with E-state index < -0.39 is 26.7 Å². The van der Waals surface area contributed by atoms with E-state index in [1.807, 2.05) is 0 Å². The molecule has 0 bridgehead atoms. The van der Waals surface area contributed by atoms with Crippen molar-refractivity contribution in [3.05, 3.63) is 28.2 Å². The van der Waals surface area contributed by atoms with E-state index in [0.717, 1.165) is 16.4 Å². The second-order valence-corrected chi connectivity index (χ2v) is 7.47. The Morgan fingerprint density at radius 2 is 1.90 bits per heavy atom. The summed E-state index contributed by atoms with van der Waals surface area (Å²) in [7, 11) is -4.16. The van der Waals surface area contributed by atoms with Crippen molar-refractivity contribution in [1.29, 1.82) is 0 Å². The fourth-order valence-electron chi connectivity index (χ4n) is 2.15. The standard InChI is InChI=1S/C12H14BrF3N2O2S/c13-9-2-3-11(10(8-9)12(14,15)16)21(19,20)18-6-1-4-17-5-7-18/h2-3,8,17H,1,4-7H2. The van der Waals surface area contributed by atoms with Crippen molar-refractivity contribution in [2.24, 2.45) is 0 Å². The largest absolute Gasteiger partial charge is 0.417 e. The topological polar surface area (TPSA) is 49.4 Å². The van der Waals surface area contributed by atoms with Crippen LogP contribution < -0.4 is 5.32 Å². The highest BCUT2D eigenvalue weighted by molar-refractivity contribution is 9.10. The molecule has 1 aromatic rings. The number of halogens is 4. The maximum absolute atomic E-state index is 13.1. The summed E-state index contributed by atoms with van der Waals surface area (Å²) in [6.07, 6.45) is -4.16. The molecular formula is C12H14BrF3N2O2S. The quantitative estimate of drug-likeness (QED) is 0.849. The number of rotatable bonds is 2. The molecule has 0 radical (unpaired) electrons. The van der Waals surface area contributed by atoms with Crippen LogP contribution in [-0.2, 0) is 16.2 Å². The molecule has 0 aliphatic carbocycles. The lowest BCUT2D eigenvalue weighted by molar-refractivity contribution is -0.140. The zero-order valence-corrected chi connectivity index (χ0v) is 13.4. The monoisotopic (exact) mass is 386 g/mol. The van der Waals surface area contributed by atoms with Gasteiger partial charge in [-0.25, -0.2) is 8.42 Å². The van der Waals surface area contributed by atoms with Gasteiger partial charge in [0.05, 0.1) is 10.5 Å². The van der Waals surface area contributed by atoms with Crippen molar-refractivity contribution in [3.63, 3.8) is 0 Å². The van der Waals surface area contributed by atoms with E-state index >= 15 is 0 Å². The van der Waals surface area contributed by atoms with E-state index in [-0.39, 0.29) is 17.6 Å². The molecule has 0 amide bonds. The minimum Gasteiger partial charge on any atom is -0.315 e. The molecule has 0 unspecified atom stereocenters. The molecule has 0 saturated carbocycles. The van der Waals surface area contributed by atoms with Crippen molar-refractivity contribution in [1.82, 2.24) is 9.62 Å². The molecule has 2 rings (SSSR count). The highest BCUT2D eigenvalue weighted by Crippen LogP contribution is 2.37. The van der Waals surface area contributed by atoms with Gasteiger partial charge in [0.2, 0.25) is 10.0 Å². The summed E-state index contributed by atoms with van der Waals surface area (Å²) >= 11 is 2.95. The third kappa shape index (κ3) is 3.77. The number of sulfonamides is 1. The van der Waals surface area contributed by atoms with Crippen LogP contribution in [0.25, 0.3) is 0 Å². The molecule has 1 aliphatic rings. The van der Waals surface area contributed by atoms with Gasteiger partial charge in [-0.05, 0) is 31.2 Å². The van der Waals surface area contributed by atoms with Crippen LogP contribution in [0.4, 0.5) is 13.2 Å². The summed E-state index contributed by atoms with van der Waals surface area (Å²) in [6.45, 7) is 1.45. The normalized spacial score (nSPS) is 18.5. The summed E-state index contributed by atoms with van der Waals surface area (Å²) < 4.78 is 65.6. The van der Waals surface area contributed by atoms with Gasteiger partial charge in [-0.15, -0.1) is 0 Å². The van der Waals surface area contributed by atoms with Crippen LogP contribution in [0.3, 0.4) is 0 Å². The predicted molar refractivity (Wildman–Crippen MR) is 75.4 cm³/mol. The summed E-state index contributed by atoms with van der Waals surface area (Å²) in [5, 5.41) is 3.02. The van der Waals surface area contributed by atoms with E-state index in [0.29, 0.717) is 19.5 Å². The Labute approximate surface area is 129 Å². The van der Waals surface area contributed by atoms with Crippen LogP contribution in [0.15, 0.2) is 27.6 Å². The molecule has 9 heteroatoms. The number of hydrogen-bond acceptors (Lipinski definition) is 3. The second-order valence-electron chi connectivity index (χ2n) is 4.65. The molecule has 0 aromatic heterocycles. The minimum absolute atomic E-state index is 0.162. The van der Waals surface area contributed by atoms with Crippen molar-refractivity contribution in [3.8, 4) is 0 Å². The Balaban J connectivity index is 2.49. The molecular weight excluding hydrogens is 373 g/mol. The van der Waals surface area contributed by atoms with E-state index in [1.54, 1.807) is 0 Å². The molecule has 1 fully saturated rings. The smallest absolute Gasteiger partial charge is 0.315 e. The molecule has 21 heavy (non-hydrogen) atoms. The van der Waals surface area contributed by atoms with Gasteiger partial charge in [0.25, 0.3) is 0 Å². The van der Waals surface area contributed by atoms with Gasteiger partial charge in [-0.3, -0.25) is 0 Å². The third-order valence-corrected chi connectivity index (χ3v) is 5.61. The lowest BCUT2D eigenvalue weighted by Crippen LogP contribution is -2.35. The first kappa shape index (κ1) is 16.7. The number of nitrogens with zero attached hydrogens (tertiary/aromatic N) is 1. The highest BCUT2D eigenvalue weighted by atomic mass is 79.9. The highest BCUT2D eigenvalue weighted by Gasteiger charge is 2.39. The maximum atomic E-state index is 13.1. The fraction of sp³-hybridized carbons (Fsp3) is 0.500. The zero-order valence-electron chi connectivity index (χ0n) is 11.0. The predicted octanol–water partition coefficient (Wildman–Crippen LogP) is 2.45. The third-order valence-electron chi connectivity index (χ3n) is 3.16. The summed E-state index contributed by atoms with van der Waals surface area (Å²) in [5.74, 6) is 0. The zero-order chi connectivity index (χ0) is 15.7. The molecule has 1 aromatic carbocycles. The second kappa shape index (κ2) is 6.23. The first-order valence-corrected chi connectivity index (χ1v) is 8.54. The van der Waals surface area contributed by atoms with Gasteiger partial charge < -0.3 is 5.32 Å². The fourth-order valence-corrected chi connectivity index (χ4v) is 4.18. The van der Waals surface area contributed by atoms with E-state index in [1.165, 1.54) is 6.07 Å². The first-order chi connectivity index (χ1) is 9.73. The Hall–Kier alpha value is -0.640. The molecule has 4 nitrogen and oxygen atoms in total. The van der Waals surface area contributed by atoms with Gasteiger partial charge >= 0.3 is 6.18 Å². The minimum atomic E-state index is -4.73. The molecule has 1 heterocycles. The summed E-state index contributed by atoms with van der Waals surface area (Å²) in [6, 6.07) is 3.10. The molecule has 118 valence electrons. The van der Waals surface area contributed by atoms with Crippen LogP contribution in [0.5, 0.6) is 0 Å². The van der Waals surface area contributed by atoms with Gasteiger partial charge in [0, 0.05) is 24.1 Å². The Morgan fingerprint density at radius 3 is 2.57 bits per heavy atom.